The van der Waals surface area contributed by atoms with Gasteiger partial charge in [-0.05, 0) is 35.8 Å². The second kappa shape index (κ2) is 3.58. The van der Waals surface area contributed by atoms with E-state index in [-0.39, 0.29) is 16.9 Å². The van der Waals surface area contributed by atoms with Gasteiger partial charge in [-0.2, -0.15) is 0 Å². The van der Waals surface area contributed by atoms with Crippen LogP contribution < -0.4 is 0 Å². The highest BCUT2D eigenvalue weighted by molar-refractivity contribution is 5.34. The molecular formula is C16H24O. The minimum absolute atomic E-state index is 0.226. The predicted octanol–water partition coefficient (Wildman–Crippen LogP) is 4.02. The average Bonchev–Trinajstić information content (AvgIpc) is 2.56. The molecular weight excluding hydrogens is 208 g/mol. The van der Waals surface area contributed by atoms with Crippen LogP contribution in [0.2, 0.25) is 0 Å². The van der Waals surface area contributed by atoms with Gasteiger partial charge in [0.05, 0.1) is 6.10 Å². The number of benzene rings is 1. The Morgan fingerprint density at radius 3 is 2.00 bits per heavy atom. The molecule has 1 atom stereocenters. The molecule has 0 spiro atoms. The first-order valence-corrected chi connectivity index (χ1v) is 6.45. The largest absolute Gasteiger partial charge is 0.388 e. The number of hydrogen-bond acceptors (Lipinski definition) is 1. The van der Waals surface area contributed by atoms with Gasteiger partial charge >= 0.3 is 0 Å². The van der Waals surface area contributed by atoms with Crippen molar-refractivity contribution in [2.75, 3.05) is 0 Å². The normalized spacial score (nSPS) is 23.5. The third kappa shape index (κ3) is 1.72. The van der Waals surface area contributed by atoms with Crippen LogP contribution in [0.4, 0.5) is 0 Å². The third-order valence-electron chi connectivity index (χ3n) is 5.19. The quantitative estimate of drug-likeness (QED) is 0.816. The summed E-state index contributed by atoms with van der Waals surface area (Å²) in [5.41, 5.74) is 4.01. The Kier molecular flexibility index (Phi) is 2.66. The van der Waals surface area contributed by atoms with E-state index in [1.165, 1.54) is 11.1 Å². The molecule has 1 aliphatic carbocycles. The lowest BCUT2D eigenvalue weighted by Gasteiger charge is -2.16. The molecule has 1 nitrogen and oxygen atoms in total. The van der Waals surface area contributed by atoms with Crippen LogP contribution in [0.1, 0.15) is 50.5 Å². The van der Waals surface area contributed by atoms with Crippen molar-refractivity contribution in [2.45, 2.75) is 47.6 Å². The van der Waals surface area contributed by atoms with Gasteiger partial charge in [-0.3, -0.25) is 0 Å². The van der Waals surface area contributed by atoms with Crippen LogP contribution in [0.3, 0.4) is 0 Å². The minimum atomic E-state index is -0.333. The molecule has 1 unspecified atom stereocenters. The lowest BCUT2D eigenvalue weighted by molar-refractivity contribution is 0.130. The zero-order valence-electron chi connectivity index (χ0n) is 11.8. The van der Waals surface area contributed by atoms with Crippen LogP contribution in [0.5, 0.6) is 0 Å². The lowest BCUT2D eigenvalue weighted by atomic mass is 9.94. The van der Waals surface area contributed by atoms with Crippen molar-refractivity contribution in [1.82, 2.24) is 0 Å². The second-order valence-corrected chi connectivity index (χ2v) is 6.73. The molecule has 0 heterocycles. The first-order valence-electron chi connectivity index (χ1n) is 6.45. The highest BCUT2D eigenvalue weighted by atomic mass is 16.3. The molecule has 1 aliphatic rings. The summed E-state index contributed by atoms with van der Waals surface area (Å²) in [7, 11) is 0. The zero-order valence-corrected chi connectivity index (χ0v) is 11.8. The van der Waals surface area contributed by atoms with E-state index in [1.54, 1.807) is 0 Å². The Bertz CT molecular complexity index is 429. The van der Waals surface area contributed by atoms with Gasteiger partial charge in [0, 0.05) is 5.92 Å². The van der Waals surface area contributed by atoms with Crippen molar-refractivity contribution >= 4 is 0 Å². The van der Waals surface area contributed by atoms with E-state index in [2.05, 4.69) is 59.7 Å². The molecule has 1 fully saturated rings. The van der Waals surface area contributed by atoms with Crippen molar-refractivity contribution in [3.05, 3.63) is 34.9 Å². The first kappa shape index (κ1) is 12.6. The van der Waals surface area contributed by atoms with E-state index >= 15 is 0 Å². The van der Waals surface area contributed by atoms with Crippen LogP contribution in [0, 0.1) is 30.6 Å². The van der Waals surface area contributed by atoms with Gasteiger partial charge in [0.2, 0.25) is 0 Å². The van der Waals surface area contributed by atoms with Gasteiger partial charge in [-0.15, -0.1) is 0 Å². The molecule has 1 saturated carbocycles. The molecule has 0 aromatic heterocycles. The van der Waals surface area contributed by atoms with Crippen molar-refractivity contribution in [2.24, 2.45) is 16.7 Å². The molecule has 0 bridgehead atoms. The summed E-state index contributed by atoms with van der Waals surface area (Å²) in [6.07, 6.45) is -0.333. The highest BCUT2D eigenvalue weighted by Gasteiger charge is 2.67. The molecule has 1 aromatic carbocycles. The van der Waals surface area contributed by atoms with E-state index < -0.39 is 0 Å². The van der Waals surface area contributed by atoms with Crippen molar-refractivity contribution < 1.29 is 5.11 Å². The standard InChI is InChI=1S/C16H24O/c1-10-7-8-12(11(2)9-10)13(17)14-15(3,4)16(14,5)6/h7-9,13-14,17H,1-6H3. The van der Waals surface area contributed by atoms with Crippen molar-refractivity contribution in [3.8, 4) is 0 Å². The Hall–Kier alpha value is -0.820. The Morgan fingerprint density at radius 1 is 1.06 bits per heavy atom. The topological polar surface area (TPSA) is 20.2 Å². The molecule has 1 heteroatoms. The average molecular weight is 232 g/mol. The van der Waals surface area contributed by atoms with Gasteiger partial charge in [0.25, 0.3) is 0 Å². The fourth-order valence-corrected chi connectivity index (χ4v) is 3.37. The Labute approximate surface area is 105 Å². The molecule has 94 valence electrons. The van der Waals surface area contributed by atoms with Crippen LogP contribution >= 0.6 is 0 Å². The number of aliphatic hydroxyl groups excluding tert-OH is 1. The van der Waals surface area contributed by atoms with Crippen LogP contribution in [0.25, 0.3) is 0 Å². The van der Waals surface area contributed by atoms with Gasteiger partial charge in [-0.1, -0.05) is 51.5 Å². The molecule has 1 N–H and O–H groups in total. The van der Waals surface area contributed by atoms with E-state index in [9.17, 15) is 5.11 Å². The Morgan fingerprint density at radius 2 is 1.59 bits per heavy atom. The fraction of sp³-hybridized carbons (Fsp3) is 0.625. The maximum Gasteiger partial charge on any atom is 0.0831 e. The van der Waals surface area contributed by atoms with E-state index in [0.717, 1.165) is 5.56 Å². The molecule has 0 amide bonds. The molecule has 17 heavy (non-hydrogen) atoms. The van der Waals surface area contributed by atoms with Gasteiger partial charge < -0.3 is 5.11 Å². The maximum atomic E-state index is 10.6. The lowest BCUT2D eigenvalue weighted by Crippen LogP contribution is -2.07. The zero-order chi connectivity index (χ0) is 13.0. The SMILES string of the molecule is Cc1ccc(C(O)C2C(C)(C)C2(C)C)c(C)c1. The molecule has 0 radical (unpaired) electrons. The number of hydrogen-bond donors (Lipinski definition) is 1. The second-order valence-electron chi connectivity index (χ2n) is 6.73. The van der Waals surface area contributed by atoms with Gasteiger partial charge in [-0.25, -0.2) is 0 Å². The summed E-state index contributed by atoms with van der Waals surface area (Å²) in [5, 5.41) is 10.6. The van der Waals surface area contributed by atoms with Gasteiger partial charge in [0.1, 0.15) is 0 Å². The summed E-state index contributed by atoms with van der Waals surface area (Å²) < 4.78 is 0. The smallest absolute Gasteiger partial charge is 0.0831 e. The van der Waals surface area contributed by atoms with E-state index in [0.29, 0.717) is 5.92 Å². The Balaban J connectivity index is 2.31. The summed E-state index contributed by atoms with van der Waals surface area (Å²) in [6.45, 7) is 13.2. The van der Waals surface area contributed by atoms with Crippen LogP contribution in [0.15, 0.2) is 18.2 Å². The molecule has 1 aromatic rings. The number of aliphatic hydroxyl groups is 1. The first-order chi connectivity index (χ1) is 7.69. The number of rotatable bonds is 2. The molecule has 2 rings (SSSR count). The van der Waals surface area contributed by atoms with Crippen LogP contribution in [-0.4, -0.2) is 5.11 Å². The summed E-state index contributed by atoms with van der Waals surface area (Å²) in [4.78, 5) is 0. The van der Waals surface area contributed by atoms with Crippen molar-refractivity contribution in [1.29, 1.82) is 0 Å². The summed E-state index contributed by atoms with van der Waals surface area (Å²) in [5.74, 6) is 0.358. The third-order valence-corrected chi connectivity index (χ3v) is 5.19. The summed E-state index contributed by atoms with van der Waals surface area (Å²) >= 11 is 0. The maximum absolute atomic E-state index is 10.6. The van der Waals surface area contributed by atoms with E-state index in [4.69, 9.17) is 0 Å². The van der Waals surface area contributed by atoms with Crippen molar-refractivity contribution in [3.63, 3.8) is 0 Å². The van der Waals surface area contributed by atoms with Gasteiger partial charge in [0.15, 0.2) is 0 Å². The fourth-order valence-electron chi connectivity index (χ4n) is 3.37. The van der Waals surface area contributed by atoms with Crippen LogP contribution in [-0.2, 0) is 0 Å². The molecule has 0 saturated heterocycles. The monoisotopic (exact) mass is 232 g/mol. The van der Waals surface area contributed by atoms with E-state index in [1.807, 2.05) is 0 Å². The minimum Gasteiger partial charge on any atom is -0.388 e. The summed E-state index contributed by atoms with van der Waals surface area (Å²) in [6, 6.07) is 6.33. The highest BCUT2D eigenvalue weighted by Crippen LogP contribution is 2.72. The number of aryl methyl sites for hydroxylation is 2. The molecule has 0 aliphatic heterocycles. The predicted molar refractivity (Wildman–Crippen MR) is 71.9 cm³/mol.